The molecule has 0 saturated heterocycles. The first-order valence-electron chi connectivity index (χ1n) is 5.10. The molecule has 0 unspecified atom stereocenters. The van der Waals surface area contributed by atoms with Crippen molar-refractivity contribution in [1.29, 1.82) is 0 Å². The zero-order valence-corrected chi connectivity index (χ0v) is 9.97. The summed E-state index contributed by atoms with van der Waals surface area (Å²) in [5.41, 5.74) is 0.457. The molecule has 7 nitrogen and oxygen atoms in total. The maximum Gasteiger partial charge on any atom is 0.354 e. The van der Waals surface area contributed by atoms with Crippen molar-refractivity contribution >= 4 is 21.9 Å². The Balaban J connectivity index is 2.19. The number of hydrogen-bond acceptors (Lipinski definition) is 3. The lowest BCUT2D eigenvalue weighted by Gasteiger charge is -2.07. The number of aromatic carboxylic acids is 1. The highest BCUT2D eigenvalue weighted by Crippen LogP contribution is 2.22. The van der Waals surface area contributed by atoms with E-state index in [9.17, 15) is 13.2 Å². The van der Waals surface area contributed by atoms with E-state index in [-0.39, 0.29) is 17.4 Å². The molecule has 0 radical (unpaired) electrons. The summed E-state index contributed by atoms with van der Waals surface area (Å²) < 4.78 is 27.8. The van der Waals surface area contributed by atoms with Crippen LogP contribution in [0.4, 0.5) is 5.69 Å². The Bertz CT molecular complexity index is 545. The van der Waals surface area contributed by atoms with E-state index >= 15 is 0 Å². The van der Waals surface area contributed by atoms with E-state index in [0.717, 1.165) is 12.8 Å². The van der Waals surface area contributed by atoms with Crippen molar-refractivity contribution in [2.24, 2.45) is 0 Å². The Morgan fingerprint density at radius 2 is 2.18 bits per heavy atom. The number of aryl methyl sites for hydroxylation is 1. The summed E-state index contributed by atoms with van der Waals surface area (Å²) in [6, 6.07) is 1.41. The molecule has 94 valence electrons. The van der Waals surface area contributed by atoms with Crippen molar-refractivity contribution in [2.75, 3.05) is 4.72 Å². The number of aromatic nitrogens is 1. The van der Waals surface area contributed by atoms with Gasteiger partial charge in [-0.3, -0.25) is 4.72 Å². The average molecular weight is 259 g/mol. The molecule has 0 spiro atoms. The van der Waals surface area contributed by atoms with Gasteiger partial charge in [0.1, 0.15) is 5.69 Å². The van der Waals surface area contributed by atoms with E-state index < -0.39 is 16.2 Å². The van der Waals surface area contributed by atoms with Gasteiger partial charge in [-0.25, -0.2) is 4.79 Å². The van der Waals surface area contributed by atoms with Gasteiger partial charge in [-0.05, 0) is 25.8 Å². The van der Waals surface area contributed by atoms with Crippen molar-refractivity contribution in [3.63, 3.8) is 0 Å². The fraction of sp³-hybridized carbons (Fsp3) is 0.444. The van der Waals surface area contributed by atoms with E-state index in [4.69, 9.17) is 5.11 Å². The third-order valence-corrected chi connectivity index (χ3v) is 3.44. The van der Waals surface area contributed by atoms with Crippen LogP contribution in [0.1, 0.15) is 29.0 Å². The molecule has 1 aliphatic rings. The number of hydrogen-bond donors (Lipinski definition) is 4. The topological polar surface area (TPSA) is 111 Å². The zero-order valence-electron chi connectivity index (χ0n) is 9.15. The summed E-state index contributed by atoms with van der Waals surface area (Å²) in [4.78, 5) is 13.5. The van der Waals surface area contributed by atoms with Crippen LogP contribution in [0.15, 0.2) is 6.07 Å². The first-order chi connectivity index (χ1) is 7.87. The SMILES string of the molecule is Cc1cc(NS(=O)(=O)NC2CC2)c(C(=O)O)[nH]1. The second-order valence-electron chi connectivity index (χ2n) is 4.04. The number of carboxylic acid groups (broad SMARTS) is 1. The van der Waals surface area contributed by atoms with Crippen molar-refractivity contribution in [3.8, 4) is 0 Å². The van der Waals surface area contributed by atoms with E-state index in [2.05, 4.69) is 14.4 Å². The fourth-order valence-electron chi connectivity index (χ4n) is 1.43. The van der Waals surface area contributed by atoms with Crippen LogP contribution in [0.5, 0.6) is 0 Å². The molecule has 1 heterocycles. The lowest BCUT2D eigenvalue weighted by atomic mass is 10.4. The Morgan fingerprint density at radius 1 is 1.53 bits per heavy atom. The standard InChI is InChI=1S/C9H13N3O4S/c1-5-4-7(8(10-5)9(13)14)12-17(15,16)11-6-2-3-6/h4,6,10-12H,2-3H2,1H3,(H,13,14). The van der Waals surface area contributed by atoms with Crippen LogP contribution in [-0.2, 0) is 10.2 Å². The molecule has 1 saturated carbocycles. The lowest BCUT2D eigenvalue weighted by Crippen LogP contribution is -2.32. The van der Waals surface area contributed by atoms with E-state index in [1.807, 2.05) is 0 Å². The number of carboxylic acids is 1. The molecule has 2 rings (SSSR count). The van der Waals surface area contributed by atoms with Crippen LogP contribution >= 0.6 is 0 Å². The third-order valence-electron chi connectivity index (χ3n) is 2.31. The normalized spacial score (nSPS) is 15.8. The van der Waals surface area contributed by atoms with Crippen molar-refractivity contribution in [3.05, 3.63) is 17.5 Å². The van der Waals surface area contributed by atoms with Crippen LogP contribution in [0.25, 0.3) is 0 Å². The minimum atomic E-state index is -3.70. The Hall–Kier alpha value is -1.54. The molecular formula is C9H13N3O4S. The van der Waals surface area contributed by atoms with Gasteiger partial charge in [0.2, 0.25) is 0 Å². The molecule has 8 heteroatoms. The molecule has 0 bridgehead atoms. The number of rotatable bonds is 5. The first-order valence-corrected chi connectivity index (χ1v) is 6.58. The number of aromatic amines is 1. The number of carbonyl (C=O) groups is 1. The fourth-order valence-corrected chi connectivity index (χ4v) is 2.62. The smallest absolute Gasteiger partial charge is 0.354 e. The van der Waals surface area contributed by atoms with Crippen LogP contribution in [0.2, 0.25) is 0 Å². The first kappa shape index (κ1) is 11.9. The highest BCUT2D eigenvalue weighted by atomic mass is 32.2. The van der Waals surface area contributed by atoms with E-state index in [0.29, 0.717) is 5.69 Å². The highest BCUT2D eigenvalue weighted by Gasteiger charge is 2.28. The molecule has 1 fully saturated rings. The van der Waals surface area contributed by atoms with Crippen molar-refractivity contribution < 1.29 is 18.3 Å². The predicted octanol–water partition coefficient (Wildman–Crippen LogP) is 0.430. The molecule has 0 atom stereocenters. The lowest BCUT2D eigenvalue weighted by molar-refractivity contribution is 0.0692. The van der Waals surface area contributed by atoms with Crippen LogP contribution in [-0.4, -0.2) is 30.5 Å². The Kier molecular flexibility index (Phi) is 2.84. The Labute approximate surface area is 98.4 Å². The van der Waals surface area contributed by atoms with Gasteiger partial charge >= 0.3 is 5.97 Å². The van der Waals surface area contributed by atoms with Gasteiger partial charge in [0, 0.05) is 11.7 Å². The molecule has 1 aliphatic carbocycles. The molecule has 17 heavy (non-hydrogen) atoms. The molecule has 0 aromatic carbocycles. The van der Waals surface area contributed by atoms with Crippen LogP contribution < -0.4 is 9.44 Å². The quantitative estimate of drug-likeness (QED) is 0.614. The highest BCUT2D eigenvalue weighted by molar-refractivity contribution is 7.90. The molecule has 1 aromatic heterocycles. The molecule has 4 N–H and O–H groups in total. The third kappa shape index (κ3) is 2.98. The van der Waals surface area contributed by atoms with Crippen LogP contribution in [0.3, 0.4) is 0 Å². The molecular weight excluding hydrogens is 246 g/mol. The second-order valence-corrected chi connectivity index (χ2v) is 5.49. The molecule has 0 amide bonds. The summed E-state index contributed by atoms with van der Waals surface area (Å²) in [5.74, 6) is -1.21. The van der Waals surface area contributed by atoms with Gasteiger partial charge in [-0.2, -0.15) is 13.1 Å². The second kappa shape index (κ2) is 4.04. The predicted molar refractivity (Wildman–Crippen MR) is 61.2 cm³/mol. The summed E-state index contributed by atoms with van der Waals surface area (Å²) in [5, 5.41) is 8.88. The summed E-state index contributed by atoms with van der Waals surface area (Å²) >= 11 is 0. The number of anilines is 1. The monoisotopic (exact) mass is 259 g/mol. The summed E-state index contributed by atoms with van der Waals surface area (Å²) in [6.45, 7) is 1.65. The van der Waals surface area contributed by atoms with Gasteiger partial charge in [-0.15, -0.1) is 0 Å². The maximum atomic E-state index is 11.6. The van der Waals surface area contributed by atoms with Gasteiger partial charge in [-0.1, -0.05) is 0 Å². The number of nitrogens with one attached hydrogen (secondary N) is 3. The van der Waals surface area contributed by atoms with Gasteiger partial charge in [0.15, 0.2) is 0 Å². The minimum Gasteiger partial charge on any atom is -0.477 e. The van der Waals surface area contributed by atoms with Crippen molar-refractivity contribution in [2.45, 2.75) is 25.8 Å². The zero-order chi connectivity index (χ0) is 12.6. The minimum absolute atomic E-state index is 0.0270. The van der Waals surface area contributed by atoms with E-state index in [1.54, 1.807) is 6.92 Å². The maximum absolute atomic E-state index is 11.6. The van der Waals surface area contributed by atoms with Crippen molar-refractivity contribution in [1.82, 2.24) is 9.71 Å². The Morgan fingerprint density at radius 3 is 2.71 bits per heavy atom. The van der Waals surface area contributed by atoms with E-state index in [1.165, 1.54) is 6.07 Å². The summed E-state index contributed by atoms with van der Waals surface area (Å²) in [7, 11) is -3.70. The molecule has 1 aromatic rings. The number of H-pyrrole nitrogens is 1. The summed E-state index contributed by atoms with van der Waals surface area (Å²) in [6.07, 6.45) is 1.64. The van der Waals surface area contributed by atoms with Crippen LogP contribution in [0, 0.1) is 6.92 Å². The van der Waals surface area contributed by atoms with Gasteiger partial charge in [0.05, 0.1) is 5.69 Å². The average Bonchev–Trinajstić information content (AvgIpc) is 2.88. The van der Waals surface area contributed by atoms with Gasteiger partial charge < -0.3 is 10.1 Å². The largest absolute Gasteiger partial charge is 0.477 e. The molecule has 0 aliphatic heterocycles. The van der Waals surface area contributed by atoms with Gasteiger partial charge in [0.25, 0.3) is 10.2 Å².